The molecular weight excluding hydrogens is 244 g/mol. The van der Waals surface area contributed by atoms with Crippen molar-refractivity contribution in [3.8, 4) is 0 Å². The summed E-state index contributed by atoms with van der Waals surface area (Å²) in [6.45, 7) is 3.04. The van der Waals surface area contributed by atoms with Crippen LogP contribution >= 0.6 is 0 Å². The second-order valence-corrected chi connectivity index (χ2v) is 4.39. The summed E-state index contributed by atoms with van der Waals surface area (Å²) < 4.78 is 3.37. The lowest BCUT2D eigenvalue weighted by molar-refractivity contribution is -0.121. The molecule has 0 saturated carbocycles. The molecule has 6 nitrogen and oxygen atoms in total. The van der Waals surface area contributed by atoms with Crippen LogP contribution in [0.1, 0.15) is 19.8 Å². The van der Waals surface area contributed by atoms with Gasteiger partial charge < -0.3 is 0 Å². The summed E-state index contributed by atoms with van der Waals surface area (Å²) in [6, 6.07) is 7.61. The first-order chi connectivity index (χ1) is 9.19. The van der Waals surface area contributed by atoms with Crippen LogP contribution < -0.4 is 17.0 Å². The van der Waals surface area contributed by atoms with Crippen molar-refractivity contribution in [3.63, 3.8) is 0 Å². The molecule has 102 valence electrons. The van der Waals surface area contributed by atoms with Gasteiger partial charge >= 0.3 is 5.69 Å². The van der Waals surface area contributed by atoms with Gasteiger partial charge in [-0.3, -0.25) is 19.4 Å². The van der Waals surface area contributed by atoms with Gasteiger partial charge in [0.15, 0.2) is 0 Å². The number of hydrogen-bond donors (Lipinski definition) is 2. The second-order valence-electron chi connectivity index (χ2n) is 4.39. The summed E-state index contributed by atoms with van der Waals surface area (Å²) in [5.74, 6) is 4.77. The maximum absolute atomic E-state index is 12.3. The second kappa shape index (κ2) is 5.71. The van der Waals surface area contributed by atoms with Crippen molar-refractivity contribution < 1.29 is 4.79 Å². The Morgan fingerprint density at radius 2 is 1.79 bits per heavy atom. The maximum atomic E-state index is 12.3. The minimum atomic E-state index is -0.278. The number of para-hydroxylation sites is 2. The highest BCUT2D eigenvalue weighted by Gasteiger charge is 2.12. The summed E-state index contributed by atoms with van der Waals surface area (Å²) in [5.41, 5.74) is 3.76. The summed E-state index contributed by atoms with van der Waals surface area (Å²) >= 11 is 0. The van der Waals surface area contributed by atoms with Crippen LogP contribution in [0.5, 0.6) is 0 Å². The minimum Gasteiger partial charge on any atom is -0.294 e. The van der Waals surface area contributed by atoms with Crippen molar-refractivity contribution in [3.05, 3.63) is 34.7 Å². The number of amides is 1. The smallest absolute Gasteiger partial charge is 0.294 e. The molecule has 0 bridgehead atoms. The van der Waals surface area contributed by atoms with E-state index in [-0.39, 0.29) is 18.0 Å². The van der Waals surface area contributed by atoms with Crippen molar-refractivity contribution in [2.24, 2.45) is 5.84 Å². The minimum absolute atomic E-state index is 0.0760. The van der Waals surface area contributed by atoms with E-state index in [1.807, 2.05) is 31.2 Å². The molecule has 0 aliphatic rings. The largest absolute Gasteiger partial charge is 0.329 e. The van der Waals surface area contributed by atoms with Crippen molar-refractivity contribution in [1.29, 1.82) is 0 Å². The summed E-state index contributed by atoms with van der Waals surface area (Å²) in [7, 11) is 0. The van der Waals surface area contributed by atoms with Crippen LogP contribution in [0, 0.1) is 0 Å². The topological polar surface area (TPSA) is 82.0 Å². The Kier molecular flexibility index (Phi) is 4.01. The van der Waals surface area contributed by atoms with E-state index in [4.69, 9.17) is 5.84 Å². The van der Waals surface area contributed by atoms with Crippen LogP contribution in [0.25, 0.3) is 11.0 Å². The number of nitrogens with one attached hydrogen (secondary N) is 1. The molecule has 1 aromatic heterocycles. The van der Waals surface area contributed by atoms with E-state index in [0.29, 0.717) is 13.1 Å². The Hall–Kier alpha value is -2.08. The van der Waals surface area contributed by atoms with Gasteiger partial charge in [-0.25, -0.2) is 10.6 Å². The van der Waals surface area contributed by atoms with Crippen molar-refractivity contribution in [2.75, 3.05) is 0 Å². The maximum Gasteiger partial charge on any atom is 0.329 e. The molecule has 2 rings (SSSR count). The summed E-state index contributed by atoms with van der Waals surface area (Å²) in [5, 5.41) is 0. The Balaban J connectivity index is 2.45. The van der Waals surface area contributed by atoms with E-state index in [2.05, 4.69) is 5.43 Å². The molecule has 2 aromatic rings. The zero-order valence-electron chi connectivity index (χ0n) is 10.9. The number of nitrogens with two attached hydrogens (primary N) is 1. The molecule has 0 spiro atoms. The number of nitrogens with zero attached hydrogens (tertiary/aromatic N) is 2. The fraction of sp³-hybridized carbons (Fsp3) is 0.385. The fourth-order valence-corrected chi connectivity index (χ4v) is 2.21. The van der Waals surface area contributed by atoms with Crippen LogP contribution in [-0.4, -0.2) is 15.0 Å². The number of imidazole rings is 1. The normalized spacial score (nSPS) is 10.8. The highest BCUT2D eigenvalue weighted by molar-refractivity contribution is 5.77. The lowest BCUT2D eigenvalue weighted by atomic mass is 10.3. The SMILES string of the molecule is CCCn1c(=O)n(CCC(=O)NN)c2ccccc21. The average molecular weight is 262 g/mol. The number of hydrazine groups is 1. The standard InChI is InChI=1S/C13H18N4O2/c1-2-8-16-10-5-3-4-6-11(10)17(13(16)19)9-7-12(18)15-14/h3-6H,2,7-9,14H2,1H3,(H,15,18). The molecule has 19 heavy (non-hydrogen) atoms. The van der Waals surface area contributed by atoms with Crippen LogP contribution in [0.4, 0.5) is 0 Å². The third kappa shape index (κ3) is 2.53. The number of fused-ring (bicyclic) bond motifs is 1. The molecule has 3 N–H and O–H groups in total. The Bertz CT molecular complexity index is 642. The fourth-order valence-electron chi connectivity index (χ4n) is 2.21. The van der Waals surface area contributed by atoms with Crippen molar-refractivity contribution in [2.45, 2.75) is 32.9 Å². The molecular formula is C13H18N4O2. The lowest BCUT2D eigenvalue weighted by Gasteiger charge is -2.02. The van der Waals surface area contributed by atoms with Gasteiger partial charge in [0.1, 0.15) is 0 Å². The first-order valence-corrected chi connectivity index (χ1v) is 6.36. The molecule has 1 amide bonds. The number of rotatable bonds is 5. The molecule has 0 aliphatic heterocycles. The van der Waals surface area contributed by atoms with Gasteiger partial charge in [0.25, 0.3) is 0 Å². The number of aromatic nitrogens is 2. The molecule has 0 atom stereocenters. The number of carbonyl (C=O) groups is 1. The van der Waals surface area contributed by atoms with Gasteiger partial charge in [-0.1, -0.05) is 19.1 Å². The predicted molar refractivity (Wildman–Crippen MR) is 73.4 cm³/mol. The monoisotopic (exact) mass is 262 g/mol. The van der Waals surface area contributed by atoms with Gasteiger partial charge in [0.05, 0.1) is 11.0 Å². The third-order valence-corrected chi connectivity index (χ3v) is 3.10. The van der Waals surface area contributed by atoms with Gasteiger partial charge in [0.2, 0.25) is 5.91 Å². The molecule has 0 fully saturated rings. The zero-order valence-corrected chi connectivity index (χ0v) is 10.9. The quantitative estimate of drug-likeness (QED) is 0.470. The van der Waals surface area contributed by atoms with Gasteiger partial charge in [-0.05, 0) is 18.6 Å². The Labute approximate surface area is 110 Å². The number of aryl methyl sites for hydroxylation is 2. The first kappa shape index (κ1) is 13.4. The summed E-state index contributed by atoms with van der Waals surface area (Å²) in [4.78, 5) is 23.5. The van der Waals surface area contributed by atoms with Gasteiger partial charge in [-0.2, -0.15) is 0 Å². The van der Waals surface area contributed by atoms with Crippen molar-refractivity contribution >= 4 is 16.9 Å². The number of hydrogen-bond acceptors (Lipinski definition) is 3. The third-order valence-electron chi connectivity index (χ3n) is 3.10. The Morgan fingerprint density at radius 1 is 1.21 bits per heavy atom. The van der Waals surface area contributed by atoms with E-state index in [1.165, 1.54) is 0 Å². The average Bonchev–Trinajstić information content (AvgIpc) is 2.70. The van der Waals surface area contributed by atoms with Crippen LogP contribution in [-0.2, 0) is 17.9 Å². The predicted octanol–water partition coefficient (Wildman–Crippen LogP) is 0.593. The highest BCUT2D eigenvalue weighted by atomic mass is 16.2. The van der Waals surface area contributed by atoms with Crippen LogP contribution in [0.2, 0.25) is 0 Å². The van der Waals surface area contributed by atoms with Gasteiger partial charge in [0, 0.05) is 19.5 Å². The molecule has 0 saturated heterocycles. The highest BCUT2D eigenvalue weighted by Crippen LogP contribution is 2.13. The molecule has 6 heteroatoms. The molecule has 0 radical (unpaired) electrons. The lowest BCUT2D eigenvalue weighted by Crippen LogP contribution is -2.32. The van der Waals surface area contributed by atoms with Crippen molar-refractivity contribution in [1.82, 2.24) is 14.6 Å². The molecule has 0 aliphatic carbocycles. The van der Waals surface area contributed by atoms with Crippen LogP contribution in [0.15, 0.2) is 29.1 Å². The van der Waals surface area contributed by atoms with E-state index in [0.717, 1.165) is 17.5 Å². The van der Waals surface area contributed by atoms with E-state index >= 15 is 0 Å². The molecule has 0 unspecified atom stereocenters. The zero-order chi connectivity index (χ0) is 13.8. The van der Waals surface area contributed by atoms with Gasteiger partial charge in [-0.15, -0.1) is 0 Å². The van der Waals surface area contributed by atoms with E-state index in [9.17, 15) is 9.59 Å². The first-order valence-electron chi connectivity index (χ1n) is 6.36. The summed E-state index contributed by atoms with van der Waals surface area (Å²) in [6.07, 6.45) is 1.08. The van der Waals surface area contributed by atoms with E-state index < -0.39 is 0 Å². The Morgan fingerprint density at radius 3 is 2.32 bits per heavy atom. The van der Waals surface area contributed by atoms with E-state index in [1.54, 1.807) is 9.13 Å². The molecule has 1 heterocycles. The number of carbonyl (C=O) groups excluding carboxylic acids is 1. The number of benzene rings is 1. The van der Waals surface area contributed by atoms with Crippen LogP contribution in [0.3, 0.4) is 0 Å². The molecule has 1 aromatic carbocycles.